The first-order chi connectivity index (χ1) is 9.99. The van der Waals surface area contributed by atoms with Gasteiger partial charge in [0.2, 0.25) is 11.8 Å². The maximum atomic E-state index is 12.7. The summed E-state index contributed by atoms with van der Waals surface area (Å²) in [7, 11) is 0. The Balaban J connectivity index is 1.64. The SMILES string of the molecule is CC(C)(Cc1c[nH]nn1)N1C(=O)C2C3C=CC(O3)C2C1=O. The van der Waals surface area contributed by atoms with E-state index in [2.05, 4.69) is 15.4 Å². The van der Waals surface area contributed by atoms with Crippen molar-refractivity contribution in [1.82, 2.24) is 20.3 Å². The third-order valence-corrected chi connectivity index (χ3v) is 4.60. The van der Waals surface area contributed by atoms with Crippen LogP contribution in [0.2, 0.25) is 0 Å². The molecule has 0 aromatic carbocycles. The molecule has 2 saturated heterocycles. The van der Waals surface area contributed by atoms with Crippen molar-refractivity contribution in [1.29, 1.82) is 0 Å². The fraction of sp³-hybridized carbons (Fsp3) is 0.571. The monoisotopic (exact) mass is 288 g/mol. The predicted molar refractivity (Wildman–Crippen MR) is 70.8 cm³/mol. The Morgan fingerprint density at radius 1 is 1.24 bits per heavy atom. The quantitative estimate of drug-likeness (QED) is 0.628. The molecule has 0 radical (unpaired) electrons. The van der Waals surface area contributed by atoms with Crippen LogP contribution in [-0.2, 0) is 20.7 Å². The van der Waals surface area contributed by atoms with Gasteiger partial charge in [0.1, 0.15) is 0 Å². The highest BCUT2D eigenvalue weighted by molar-refractivity contribution is 6.07. The van der Waals surface area contributed by atoms with Gasteiger partial charge in [-0.15, -0.1) is 5.10 Å². The summed E-state index contributed by atoms with van der Waals surface area (Å²) in [6, 6.07) is 0. The molecule has 3 aliphatic rings. The summed E-state index contributed by atoms with van der Waals surface area (Å²) < 4.78 is 5.64. The van der Waals surface area contributed by atoms with Crippen molar-refractivity contribution in [3.63, 3.8) is 0 Å². The van der Waals surface area contributed by atoms with Gasteiger partial charge >= 0.3 is 0 Å². The van der Waals surface area contributed by atoms with E-state index < -0.39 is 5.54 Å². The average Bonchev–Trinajstić information content (AvgIpc) is 3.13. The van der Waals surface area contributed by atoms with Gasteiger partial charge in [-0.3, -0.25) is 19.6 Å². The van der Waals surface area contributed by atoms with E-state index in [1.807, 2.05) is 26.0 Å². The molecule has 0 aliphatic carbocycles. The summed E-state index contributed by atoms with van der Waals surface area (Å²) in [5.41, 5.74) is 0.101. The first-order valence-electron chi connectivity index (χ1n) is 7.06. The highest BCUT2D eigenvalue weighted by Crippen LogP contribution is 2.47. The van der Waals surface area contributed by atoms with Gasteiger partial charge in [-0.25, -0.2) is 0 Å². The molecule has 110 valence electrons. The smallest absolute Gasteiger partial charge is 0.236 e. The number of amides is 2. The maximum Gasteiger partial charge on any atom is 0.236 e. The fourth-order valence-corrected chi connectivity index (χ4v) is 3.73. The van der Waals surface area contributed by atoms with Crippen LogP contribution in [0, 0.1) is 11.8 Å². The molecule has 4 heterocycles. The number of imide groups is 1. The van der Waals surface area contributed by atoms with Gasteiger partial charge in [-0.1, -0.05) is 17.4 Å². The number of likely N-dealkylation sites (tertiary alicyclic amines) is 1. The molecule has 1 aromatic heterocycles. The van der Waals surface area contributed by atoms with Gasteiger partial charge in [-0.2, -0.15) is 0 Å². The highest BCUT2D eigenvalue weighted by atomic mass is 16.5. The van der Waals surface area contributed by atoms with Crippen LogP contribution < -0.4 is 0 Å². The number of H-pyrrole nitrogens is 1. The van der Waals surface area contributed by atoms with Crippen molar-refractivity contribution in [2.45, 2.75) is 38.0 Å². The van der Waals surface area contributed by atoms with Crippen molar-refractivity contribution in [2.75, 3.05) is 0 Å². The Kier molecular flexibility index (Phi) is 2.42. The lowest BCUT2D eigenvalue weighted by Gasteiger charge is -2.34. The summed E-state index contributed by atoms with van der Waals surface area (Å²) in [5.74, 6) is -0.973. The van der Waals surface area contributed by atoms with Gasteiger partial charge < -0.3 is 4.74 Å². The number of aromatic amines is 1. The fourth-order valence-electron chi connectivity index (χ4n) is 3.73. The molecule has 21 heavy (non-hydrogen) atoms. The molecule has 1 N–H and O–H groups in total. The summed E-state index contributed by atoms with van der Waals surface area (Å²) >= 11 is 0. The van der Waals surface area contributed by atoms with E-state index in [4.69, 9.17) is 4.74 Å². The minimum absolute atomic E-state index is 0.129. The van der Waals surface area contributed by atoms with E-state index in [9.17, 15) is 9.59 Å². The molecule has 3 aliphatic heterocycles. The van der Waals surface area contributed by atoms with E-state index in [-0.39, 0.29) is 35.9 Å². The zero-order valence-corrected chi connectivity index (χ0v) is 11.8. The molecule has 2 fully saturated rings. The normalized spacial score (nSPS) is 34.1. The number of hydrogen-bond acceptors (Lipinski definition) is 5. The molecular weight excluding hydrogens is 272 g/mol. The van der Waals surface area contributed by atoms with E-state index in [0.717, 1.165) is 5.69 Å². The molecule has 2 bridgehead atoms. The molecule has 7 nitrogen and oxygen atoms in total. The minimum atomic E-state index is -0.630. The zero-order valence-electron chi connectivity index (χ0n) is 11.8. The van der Waals surface area contributed by atoms with Crippen LogP contribution in [0.3, 0.4) is 0 Å². The van der Waals surface area contributed by atoms with E-state index >= 15 is 0 Å². The minimum Gasteiger partial charge on any atom is -0.365 e. The second-order valence-corrected chi connectivity index (χ2v) is 6.47. The number of ether oxygens (including phenoxy) is 1. The van der Waals surface area contributed by atoms with Crippen LogP contribution in [0.5, 0.6) is 0 Å². The lowest BCUT2D eigenvalue weighted by molar-refractivity contribution is -0.148. The predicted octanol–water partition coefficient (Wildman–Crippen LogP) is 0.0642. The van der Waals surface area contributed by atoms with Gasteiger partial charge in [0.05, 0.1) is 35.3 Å². The molecule has 1 aromatic rings. The Morgan fingerprint density at radius 2 is 1.86 bits per heavy atom. The summed E-state index contributed by atoms with van der Waals surface area (Å²) in [6.07, 6.45) is 5.45. The largest absolute Gasteiger partial charge is 0.365 e. The van der Waals surface area contributed by atoms with Crippen molar-refractivity contribution < 1.29 is 14.3 Å². The van der Waals surface area contributed by atoms with Crippen molar-refractivity contribution in [2.24, 2.45) is 11.8 Å². The van der Waals surface area contributed by atoms with Crippen LogP contribution in [0.25, 0.3) is 0 Å². The van der Waals surface area contributed by atoms with Gasteiger partial charge in [0.15, 0.2) is 0 Å². The molecule has 4 unspecified atom stereocenters. The van der Waals surface area contributed by atoms with Gasteiger partial charge in [0.25, 0.3) is 0 Å². The molecule has 7 heteroatoms. The zero-order chi connectivity index (χ0) is 14.8. The molecule has 4 rings (SSSR count). The summed E-state index contributed by atoms with van der Waals surface area (Å²) in [6.45, 7) is 3.77. The highest BCUT2D eigenvalue weighted by Gasteiger charge is 2.62. The van der Waals surface area contributed by atoms with Crippen molar-refractivity contribution >= 4 is 11.8 Å². The van der Waals surface area contributed by atoms with Crippen LogP contribution in [-0.4, -0.2) is 49.9 Å². The van der Waals surface area contributed by atoms with Gasteiger partial charge in [-0.05, 0) is 13.8 Å². The molecular formula is C14H16N4O3. The number of carbonyl (C=O) groups is 2. The number of fused-ring (bicyclic) bond motifs is 5. The lowest BCUT2D eigenvalue weighted by Crippen LogP contribution is -2.50. The molecule has 4 atom stereocenters. The Labute approximate surface area is 121 Å². The number of carbonyl (C=O) groups excluding carboxylic acids is 2. The van der Waals surface area contributed by atoms with Crippen molar-refractivity contribution in [3.05, 3.63) is 24.0 Å². The number of nitrogens with zero attached hydrogens (tertiary/aromatic N) is 3. The molecule has 0 spiro atoms. The van der Waals surface area contributed by atoms with Gasteiger partial charge in [0, 0.05) is 12.6 Å². The standard InChI is InChI=1S/C14H16N4O3/c1-14(2,5-7-6-15-17-16-7)18-12(19)10-8-3-4-9(21-8)11(10)13(18)20/h3-4,6,8-11H,5H2,1-2H3,(H,15,16,17). The Bertz CT molecular complexity index is 607. The van der Waals surface area contributed by atoms with Crippen LogP contribution >= 0.6 is 0 Å². The van der Waals surface area contributed by atoms with E-state index in [0.29, 0.717) is 6.42 Å². The maximum absolute atomic E-state index is 12.7. The summed E-state index contributed by atoms with van der Waals surface area (Å²) in [4.78, 5) is 26.8. The number of aromatic nitrogens is 3. The number of hydrogen-bond donors (Lipinski definition) is 1. The van der Waals surface area contributed by atoms with Crippen LogP contribution in [0.15, 0.2) is 18.3 Å². The van der Waals surface area contributed by atoms with Crippen LogP contribution in [0.4, 0.5) is 0 Å². The van der Waals surface area contributed by atoms with Crippen molar-refractivity contribution in [3.8, 4) is 0 Å². The number of nitrogens with one attached hydrogen (secondary N) is 1. The first kappa shape index (κ1) is 12.7. The second-order valence-electron chi connectivity index (χ2n) is 6.47. The molecule has 0 saturated carbocycles. The second kappa shape index (κ2) is 4.00. The lowest BCUT2D eigenvalue weighted by atomic mass is 9.85. The third-order valence-electron chi connectivity index (χ3n) is 4.60. The topological polar surface area (TPSA) is 88.2 Å². The Hall–Kier alpha value is -2.02. The third kappa shape index (κ3) is 1.64. The average molecular weight is 288 g/mol. The molecule has 2 amide bonds. The van der Waals surface area contributed by atoms with Crippen LogP contribution in [0.1, 0.15) is 19.5 Å². The number of rotatable bonds is 3. The summed E-state index contributed by atoms with van der Waals surface area (Å²) in [5, 5.41) is 10.3. The Morgan fingerprint density at radius 3 is 2.38 bits per heavy atom. The first-order valence-corrected chi connectivity index (χ1v) is 7.06. The van der Waals surface area contributed by atoms with E-state index in [1.165, 1.54) is 4.90 Å². The van der Waals surface area contributed by atoms with E-state index in [1.54, 1.807) is 6.20 Å².